The topological polar surface area (TPSA) is 74.6 Å². The minimum absolute atomic E-state index is 0.162. The number of hydrogen-bond acceptors (Lipinski definition) is 4. The monoisotopic (exact) mass is 170 g/mol. The lowest BCUT2D eigenvalue weighted by molar-refractivity contribution is -0.155. The molecule has 1 aliphatic rings. The number of aliphatic hydroxyl groups excluding tert-OH is 1. The Hall–Kier alpha value is -1.00. The van der Waals surface area contributed by atoms with E-state index in [0.717, 1.165) is 12.2 Å². The van der Waals surface area contributed by atoms with Crippen LogP contribution in [0.1, 0.15) is 13.3 Å². The van der Waals surface area contributed by atoms with Crippen LogP contribution in [0.15, 0.2) is 12.2 Å². The summed E-state index contributed by atoms with van der Waals surface area (Å²) >= 11 is 0. The molecule has 0 heterocycles. The molecule has 0 radical (unpaired) electrons. The zero-order valence-electron chi connectivity index (χ0n) is 6.65. The molecular weight excluding hydrogens is 160 g/mol. The summed E-state index contributed by atoms with van der Waals surface area (Å²) < 4.78 is 0. The summed E-state index contributed by atoms with van der Waals surface area (Å²) in [5.41, 5.74) is -2.21. The van der Waals surface area contributed by atoms with Gasteiger partial charge in [0.1, 0.15) is 0 Å². The molecule has 1 unspecified atom stereocenters. The Kier molecular flexibility index (Phi) is 2.12. The second-order valence-electron chi connectivity index (χ2n) is 2.75. The average Bonchev–Trinajstić information content (AvgIpc) is 2.32. The number of carbonyl (C=O) groups is 2. The zero-order valence-corrected chi connectivity index (χ0v) is 6.65. The molecule has 0 saturated carbocycles. The SMILES string of the molecule is CCC(O)C1(O)C(=O)C=CC1=O. The van der Waals surface area contributed by atoms with Crippen LogP contribution in [0.5, 0.6) is 0 Å². The quantitative estimate of drug-likeness (QED) is 0.532. The molecule has 0 bridgehead atoms. The smallest absolute Gasteiger partial charge is 0.215 e. The van der Waals surface area contributed by atoms with Gasteiger partial charge < -0.3 is 10.2 Å². The summed E-state index contributed by atoms with van der Waals surface area (Å²) in [5, 5.41) is 18.7. The van der Waals surface area contributed by atoms with E-state index in [0.29, 0.717) is 0 Å². The summed E-state index contributed by atoms with van der Waals surface area (Å²) in [4.78, 5) is 22.0. The molecule has 66 valence electrons. The van der Waals surface area contributed by atoms with Gasteiger partial charge in [0.15, 0.2) is 11.6 Å². The van der Waals surface area contributed by atoms with Gasteiger partial charge in [0, 0.05) is 0 Å². The fourth-order valence-electron chi connectivity index (χ4n) is 1.15. The van der Waals surface area contributed by atoms with E-state index in [9.17, 15) is 19.8 Å². The van der Waals surface area contributed by atoms with Gasteiger partial charge in [-0.15, -0.1) is 0 Å². The van der Waals surface area contributed by atoms with Crippen molar-refractivity contribution >= 4 is 11.6 Å². The highest BCUT2D eigenvalue weighted by molar-refractivity contribution is 6.25. The predicted molar refractivity (Wildman–Crippen MR) is 40.4 cm³/mol. The Morgan fingerprint density at radius 3 is 2.17 bits per heavy atom. The molecule has 12 heavy (non-hydrogen) atoms. The summed E-state index contributed by atoms with van der Waals surface area (Å²) in [5.74, 6) is -1.47. The lowest BCUT2D eigenvalue weighted by Crippen LogP contribution is -2.51. The van der Waals surface area contributed by atoms with Gasteiger partial charge in [0.2, 0.25) is 5.60 Å². The third kappa shape index (κ3) is 1.00. The molecular formula is C8H10O4. The van der Waals surface area contributed by atoms with Gasteiger partial charge in [-0.1, -0.05) is 6.92 Å². The first kappa shape index (κ1) is 9.09. The minimum atomic E-state index is -2.21. The molecule has 0 amide bonds. The van der Waals surface area contributed by atoms with E-state index in [1.54, 1.807) is 6.92 Å². The van der Waals surface area contributed by atoms with E-state index in [1.165, 1.54) is 0 Å². The fraction of sp³-hybridized carbons (Fsp3) is 0.500. The molecule has 1 aliphatic carbocycles. The predicted octanol–water partition coefficient (Wildman–Crippen LogP) is -0.804. The first-order chi connectivity index (χ1) is 5.53. The van der Waals surface area contributed by atoms with E-state index < -0.39 is 23.3 Å². The lowest BCUT2D eigenvalue weighted by Gasteiger charge is -2.23. The normalized spacial score (nSPS) is 23.2. The highest BCUT2D eigenvalue weighted by Crippen LogP contribution is 2.22. The van der Waals surface area contributed by atoms with Crippen molar-refractivity contribution in [2.24, 2.45) is 0 Å². The molecule has 4 nitrogen and oxygen atoms in total. The second-order valence-corrected chi connectivity index (χ2v) is 2.75. The van der Waals surface area contributed by atoms with Gasteiger partial charge in [-0.2, -0.15) is 0 Å². The Bertz CT molecular complexity index is 236. The van der Waals surface area contributed by atoms with Crippen molar-refractivity contribution in [2.45, 2.75) is 25.0 Å². The molecule has 0 aromatic carbocycles. The largest absolute Gasteiger partial charge is 0.389 e. The number of carbonyl (C=O) groups excluding carboxylic acids is 2. The number of aliphatic hydroxyl groups is 2. The summed E-state index contributed by atoms with van der Waals surface area (Å²) in [7, 11) is 0. The van der Waals surface area contributed by atoms with E-state index in [2.05, 4.69) is 0 Å². The fourth-order valence-corrected chi connectivity index (χ4v) is 1.15. The van der Waals surface area contributed by atoms with Crippen LogP contribution in [0, 0.1) is 0 Å². The van der Waals surface area contributed by atoms with Gasteiger partial charge in [-0.3, -0.25) is 9.59 Å². The zero-order chi connectivity index (χ0) is 9.35. The highest BCUT2D eigenvalue weighted by atomic mass is 16.4. The molecule has 0 spiro atoms. The molecule has 0 fully saturated rings. The molecule has 0 aromatic heterocycles. The van der Waals surface area contributed by atoms with E-state index >= 15 is 0 Å². The highest BCUT2D eigenvalue weighted by Gasteiger charge is 2.49. The van der Waals surface area contributed by atoms with Gasteiger partial charge in [-0.25, -0.2) is 0 Å². The van der Waals surface area contributed by atoms with Crippen molar-refractivity contribution < 1.29 is 19.8 Å². The molecule has 4 heteroatoms. The van der Waals surface area contributed by atoms with E-state index in [1.807, 2.05) is 0 Å². The van der Waals surface area contributed by atoms with Gasteiger partial charge in [0.25, 0.3) is 0 Å². The maximum atomic E-state index is 11.0. The molecule has 0 aromatic rings. The van der Waals surface area contributed by atoms with Crippen LogP contribution >= 0.6 is 0 Å². The van der Waals surface area contributed by atoms with E-state index in [-0.39, 0.29) is 6.42 Å². The Labute approximate surface area is 69.5 Å². The van der Waals surface area contributed by atoms with Crippen LogP contribution in [-0.4, -0.2) is 33.5 Å². The lowest BCUT2D eigenvalue weighted by atomic mass is 9.90. The van der Waals surface area contributed by atoms with Crippen molar-refractivity contribution in [1.82, 2.24) is 0 Å². The maximum absolute atomic E-state index is 11.0. The average molecular weight is 170 g/mol. The van der Waals surface area contributed by atoms with Gasteiger partial charge in [-0.05, 0) is 18.6 Å². The maximum Gasteiger partial charge on any atom is 0.215 e. The van der Waals surface area contributed by atoms with Gasteiger partial charge in [0.05, 0.1) is 6.10 Å². The Morgan fingerprint density at radius 2 is 1.83 bits per heavy atom. The van der Waals surface area contributed by atoms with Crippen LogP contribution in [0.3, 0.4) is 0 Å². The minimum Gasteiger partial charge on any atom is -0.389 e. The summed E-state index contributed by atoms with van der Waals surface area (Å²) in [6.07, 6.45) is 0.824. The molecule has 0 saturated heterocycles. The van der Waals surface area contributed by atoms with Crippen LogP contribution in [-0.2, 0) is 9.59 Å². The first-order valence-corrected chi connectivity index (χ1v) is 3.70. The van der Waals surface area contributed by atoms with Gasteiger partial charge >= 0.3 is 0 Å². The van der Waals surface area contributed by atoms with Crippen LogP contribution in [0.4, 0.5) is 0 Å². The standard InChI is InChI=1S/C8H10O4/c1-2-5(9)8(12)6(10)3-4-7(8)11/h3-5,9,12H,2H2,1H3. The van der Waals surface area contributed by atoms with Crippen molar-refractivity contribution in [3.63, 3.8) is 0 Å². The molecule has 1 atom stereocenters. The molecule has 1 rings (SSSR count). The second kappa shape index (κ2) is 2.80. The summed E-state index contributed by atoms with van der Waals surface area (Å²) in [6, 6.07) is 0. The van der Waals surface area contributed by atoms with Crippen LogP contribution in [0.2, 0.25) is 0 Å². The van der Waals surface area contributed by atoms with Crippen molar-refractivity contribution in [3.8, 4) is 0 Å². The Balaban J connectivity index is 2.98. The van der Waals surface area contributed by atoms with Crippen molar-refractivity contribution in [3.05, 3.63) is 12.2 Å². The van der Waals surface area contributed by atoms with E-state index in [4.69, 9.17) is 0 Å². The Morgan fingerprint density at radius 1 is 1.42 bits per heavy atom. The van der Waals surface area contributed by atoms with Crippen LogP contribution < -0.4 is 0 Å². The van der Waals surface area contributed by atoms with Crippen LogP contribution in [0.25, 0.3) is 0 Å². The van der Waals surface area contributed by atoms with Crippen molar-refractivity contribution in [1.29, 1.82) is 0 Å². The number of ketones is 2. The number of rotatable bonds is 2. The molecule has 2 N–H and O–H groups in total. The first-order valence-electron chi connectivity index (χ1n) is 3.70. The van der Waals surface area contributed by atoms with Crippen molar-refractivity contribution in [2.75, 3.05) is 0 Å². The third-order valence-electron chi connectivity index (χ3n) is 2.01. The third-order valence-corrected chi connectivity index (χ3v) is 2.01. The molecule has 0 aliphatic heterocycles. The number of hydrogen-bond donors (Lipinski definition) is 2. The summed E-state index contributed by atoms with van der Waals surface area (Å²) in [6.45, 7) is 1.58.